The molecule has 0 aliphatic heterocycles. The number of carboxylic acids is 1. The average molecular weight is 510 g/mol. The van der Waals surface area contributed by atoms with E-state index in [0.29, 0.717) is 22.2 Å². The maximum Gasteiger partial charge on any atom is 0.352 e. The van der Waals surface area contributed by atoms with Crippen LogP contribution in [0.5, 0.6) is 0 Å². The van der Waals surface area contributed by atoms with Gasteiger partial charge in [0.05, 0.1) is 32.2 Å². The van der Waals surface area contributed by atoms with Gasteiger partial charge >= 0.3 is 11.7 Å². The first-order valence-electron chi connectivity index (χ1n) is 10.2. The maximum atomic E-state index is 13.0. The summed E-state index contributed by atoms with van der Waals surface area (Å²) in [6.45, 7) is 0. The summed E-state index contributed by atoms with van der Waals surface area (Å²) in [7, 11) is 1.57. The lowest BCUT2D eigenvalue weighted by Crippen LogP contribution is -2.37. The SMILES string of the molecule is Cn1c(=O)n(-c2ccc(/C=C(\NC(=O)c3c(Cl)cccc3Cl)C(=O)O)cc2)c(=O)c2ccccc21. The van der Waals surface area contributed by atoms with Crippen molar-refractivity contribution in [3.8, 4) is 5.69 Å². The van der Waals surface area contributed by atoms with E-state index in [0.717, 1.165) is 4.57 Å². The van der Waals surface area contributed by atoms with Crippen LogP contribution >= 0.6 is 23.2 Å². The fourth-order valence-corrected chi connectivity index (χ4v) is 4.14. The van der Waals surface area contributed by atoms with Gasteiger partial charge in [-0.15, -0.1) is 0 Å². The number of carbonyl (C=O) groups excluding carboxylic acids is 1. The number of para-hydroxylation sites is 1. The summed E-state index contributed by atoms with van der Waals surface area (Å²) in [6.07, 6.45) is 1.23. The van der Waals surface area contributed by atoms with Gasteiger partial charge in [-0.2, -0.15) is 0 Å². The average Bonchev–Trinajstić information content (AvgIpc) is 2.83. The predicted molar refractivity (Wildman–Crippen MR) is 134 cm³/mol. The van der Waals surface area contributed by atoms with Crippen LogP contribution in [-0.2, 0) is 11.8 Å². The Labute approximate surface area is 208 Å². The Hall–Kier alpha value is -4.14. The molecule has 3 aromatic carbocycles. The number of rotatable bonds is 5. The number of aliphatic carboxylic acids is 1. The number of nitrogens with one attached hydrogen (secondary N) is 1. The van der Waals surface area contributed by atoms with Crippen molar-refractivity contribution < 1.29 is 14.7 Å². The van der Waals surface area contributed by atoms with Crippen LogP contribution in [0.3, 0.4) is 0 Å². The summed E-state index contributed by atoms with van der Waals surface area (Å²) in [4.78, 5) is 50.1. The largest absolute Gasteiger partial charge is 0.477 e. The number of aryl methyl sites for hydroxylation is 1. The topological polar surface area (TPSA) is 110 Å². The highest BCUT2D eigenvalue weighted by molar-refractivity contribution is 6.39. The highest BCUT2D eigenvalue weighted by atomic mass is 35.5. The minimum atomic E-state index is -1.38. The number of carbonyl (C=O) groups is 2. The Morgan fingerprint density at radius 2 is 1.54 bits per heavy atom. The van der Waals surface area contributed by atoms with Crippen LogP contribution in [0.2, 0.25) is 10.0 Å². The van der Waals surface area contributed by atoms with Gasteiger partial charge in [-0.25, -0.2) is 14.2 Å². The van der Waals surface area contributed by atoms with Crippen LogP contribution in [0.25, 0.3) is 22.7 Å². The number of nitrogens with zero attached hydrogens (tertiary/aromatic N) is 2. The zero-order valence-electron chi connectivity index (χ0n) is 18.2. The van der Waals surface area contributed by atoms with Gasteiger partial charge in [0.25, 0.3) is 11.5 Å². The second-order valence-corrected chi connectivity index (χ2v) is 8.32. The quantitative estimate of drug-likeness (QED) is 0.397. The molecule has 0 saturated heterocycles. The van der Waals surface area contributed by atoms with Crippen LogP contribution in [0.1, 0.15) is 15.9 Å². The van der Waals surface area contributed by atoms with Crippen molar-refractivity contribution in [3.63, 3.8) is 0 Å². The van der Waals surface area contributed by atoms with Crippen LogP contribution in [-0.4, -0.2) is 26.1 Å². The molecule has 0 aliphatic carbocycles. The molecule has 4 rings (SSSR count). The first-order chi connectivity index (χ1) is 16.7. The number of hydrogen-bond acceptors (Lipinski definition) is 4. The third-order valence-electron chi connectivity index (χ3n) is 5.31. The van der Waals surface area contributed by atoms with Crippen molar-refractivity contribution >= 4 is 52.1 Å². The fourth-order valence-electron chi connectivity index (χ4n) is 3.57. The molecule has 8 nitrogen and oxygen atoms in total. The highest BCUT2D eigenvalue weighted by Gasteiger charge is 2.19. The molecule has 35 heavy (non-hydrogen) atoms. The Kier molecular flexibility index (Phi) is 6.59. The molecule has 0 bridgehead atoms. The summed E-state index contributed by atoms with van der Waals surface area (Å²) >= 11 is 12.1. The Balaban J connectivity index is 1.70. The van der Waals surface area contributed by atoms with Crippen LogP contribution in [0.15, 0.2) is 82.0 Å². The Morgan fingerprint density at radius 1 is 0.914 bits per heavy atom. The second kappa shape index (κ2) is 9.61. The number of hydrogen-bond donors (Lipinski definition) is 2. The van der Waals surface area contributed by atoms with Crippen LogP contribution < -0.4 is 16.6 Å². The summed E-state index contributed by atoms with van der Waals surface area (Å²) in [5, 5.41) is 12.4. The molecule has 1 amide bonds. The number of benzene rings is 3. The smallest absolute Gasteiger partial charge is 0.352 e. The van der Waals surface area contributed by atoms with Crippen molar-refractivity contribution in [2.45, 2.75) is 0 Å². The standard InChI is InChI=1S/C25H17Cl2N3O5/c1-29-20-8-3-2-5-16(20)23(32)30(25(29)35)15-11-9-14(10-12-15)13-19(24(33)34)28-22(31)21-17(26)6-4-7-18(21)27/h2-13H,1H3,(H,28,31)(H,33,34)/b19-13-. The van der Waals surface area contributed by atoms with Crippen molar-refractivity contribution in [3.05, 3.63) is 114 Å². The van der Waals surface area contributed by atoms with E-state index in [4.69, 9.17) is 23.2 Å². The van der Waals surface area contributed by atoms with Gasteiger partial charge in [-0.05, 0) is 48.0 Å². The molecule has 0 saturated carbocycles. The molecule has 1 aromatic heterocycles. The van der Waals surface area contributed by atoms with Gasteiger partial charge in [0.1, 0.15) is 5.70 Å². The lowest BCUT2D eigenvalue weighted by atomic mass is 10.1. The molecule has 0 fully saturated rings. The molecule has 0 atom stereocenters. The number of amides is 1. The summed E-state index contributed by atoms with van der Waals surface area (Å²) in [5.41, 5.74) is -0.236. The Bertz CT molecular complexity index is 1620. The van der Waals surface area contributed by atoms with Gasteiger partial charge in [0.15, 0.2) is 0 Å². The predicted octanol–water partition coefficient (Wildman–Crippen LogP) is 3.85. The number of halogens is 2. The molecular formula is C25H17Cl2N3O5. The van der Waals surface area contributed by atoms with Crippen LogP contribution in [0.4, 0.5) is 0 Å². The van der Waals surface area contributed by atoms with Gasteiger partial charge in [0.2, 0.25) is 0 Å². The zero-order chi connectivity index (χ0) is 25.3. The van der Waals surface area contributed by atoms with E-state index in [1.165, 1.54) is 47.0 Å². The maximum absolute atomic E-state index is 13.0. The highest BCUT2D eigenvalue weighted by Crippen LogP contribution is 2.24. The van der Waals surface area contributed by atoms with E-state index >= 15 is 0 Å². The van der Waals surface area contributed by atoms with Crippen molar-refractivity contribution in [2.75, 3.05) is 0 Å². The number of aromatic nitrogens is 2. The normalized spacial score (nSPS) is 11.5. The molecule has 4 aromatic rings. The molecule has 0 unspecified atom stereocenters. The first kappa shape index (κ1) is 24.0. The van der Waals surface area contributed by atoms with Gasteiger partial charge in [0, 0.05) is 7.05 Å². The van der Waals surface area contributed by atoms with Gasteiger partial charge in [-0.3, -0.25) is 14.2 Å². The molecule has 0 spiro atoms. The van der Waals surface area contributed by atoms with E-state index in [2.05, 4.69) is 5.32 Å². The Morgan fingerprint density at radius 3 is 2.17 bits per heavy atom. The van der Waals surface area contributed by atoms with Crippen LogP contribution in [0, 0.1) is 0 Å². The molecule has 10 heteroatoms. The van der Waals surface area contributed by atoms with E-state index in [1.54, 1.807) is 37.4 Å². The number of fused-ring (bicyclic) bond motifs is 1. The monoisotopic (exact) mass is 509 g/mol. The zero-order valence-corrected chi connectivity index (χ0v) is 19.7. The fraction of sp³-hybridized carbons (Fsp3) is 0.0400. The molecule has 176 valence electrons. The summed E-state index contributed by atoms with van der Waals surface area (Å²) in [6, 6.07) is 17.3. The van der Waals surface area contributed by atoms with E-state index < -0.39 is 28.8 Å². The molecular weight excluding hydrogens is 493 g/mol. The second-order valence-electron chi connectivity index (χ2n) is 7.50. The summed E-state index contributed by atoms with van der Waals surface area (Å²) in [5.74, 6) is -2.16. The van der Waals surface area contributed by atoms with Crippen molar-refractivity contribution in [2.24, 2.45) is 7.05 Å². The van der Waals surface area contributed by atoms with E-state index in [-0.39, 0.29) is 15.6 Å². The van der Waals surface area contributed by atoms with E-state index in [1.807, 2.05) is 0 Å². The molecule has 2 N–H and O–H groups in total. The van der Waals surface area contributed by atoms with Crippen molar-refractivity contribution in [1.29, 1.82) is 0 Å². The lowest BCUT2D eigenvalue weighted by molar-refractivity contribution is -0.132. The molecule has 1 heterocycles. The third kappa shape index (κ3) is 4.62. The first-order valence-corrected chi connectivity index (χ1v) is 11.0. The minimum Gasteiger partial charge on any atom is -0.477 e. The lowest BCUT2D eigenvalue weighted by Gasteiger charge is -2.11. The molecule has 0 radical (unpaired) electrons. The summed E-state index contributed by atoms with van der Waals surface area (Å²) < 4.78 is 2.41. The molecule has 0 aliphatic rings. The minimum absolute atomic E-state index is 0.0511. The van der Waals surface area contributed by atoms with Gasteiger partial charge in [-0.1, -0.05) is 53.5 Å². The van der Waals surface area contributed by atoms with Crippen molar-refractivity contribution in [1.82, 2.24) is 14.5 Å². The third-order valence-corrected chi connectivity index (χ3v) is 5.94. The van der Waals surface area contributed by atoms with Gasteiger partial charge < -0.3 is 10.4 Å². The number of carboxylic acid groups (broad SMARTS) is 1. The van der Waals surface area contributed by atoms with E-state index in [9.17, 15) is 24.3 Å².